The second kappa shape index (κ2) is 7.77. The van der Waals surface area contributed by atoms with Crippen LogP contribution in [0.5, 0.6) is 0 Å². The van der Waals surface area contributed by atoms with Crippen molar-refractivity contribution in [2.45, 2.75) is 26.7 Å². The summed E-state index contributed by atoms with van der Waals surface area (Å²) < 4.78 is 0. The minimum atomic E-state index is -1.98. The molecule has 0 N–H and O–H groups in total. The van der Waals surface area contributed by atoms with Gasteiger partial charge < -0.3 is 0 Å². The van der Waals surface area contributed by atoms with Gasteiger partial charge in [-0.05, 0) is 0 Å². The molecular formula is C23H27P. The van der Waals surface area contributed by atoms with E-state index in [1.165, 1.54) is 40.5 Å². The molecule has 24 heavy (non-hydrogen) atoms. The van der Waals surface area contributed by atoms with Crippen molar-refractivity contribution in [3.8, 4) is 0 Å². The van der Waals surface area contributed by atoms with E-state index in [-0.39, 0.29) is 0 Å². The van der Waals surface area contributed by atoms with Crippen LogP contribution in [-0.2, 0) is 0 Å². The van der Waals surface area contributed by atoms with Crippen molar-refractivity contribution in [2.75, 3.05) is 6.16 Å². The van der Waals surface area contributed by atoms with E-state index in [9.17, 15) is 0 Å². The molecular weight excluding hydrogens is 307 g/mol. The molecule has 0 saturated carbocycles. The minimum absolute atomic E-state index is 1.24. The Balaban J connectivity index is 2.28. The quantitative estimate of drug-likeness (QED) is 0.567. The number of hydrogen-bond donors (Lipinski definition) is 0. The molecule has 0 spiro atoms. The summed E-state index contributed by atoms with van der Waals surface area (Å²) in [7, 11) is -1.98. The average molecular weight is 334 g/mol. The predicted molar refractivity (Wildman–Crippen MR) is 111 cm³/mol. The van der Waals surface area contributed by atoms with Crippen molar-refractivity contribution in [3.63, 3.8) is 0 Å². The SMILES string of the molecule is CCCC[PH](c1ccccc1)(c1ccccc1)c1cccc(C)c1. The summed E-state index contributed by atoms with van der Waals surface area (Å²) >= 11 is 0. The van der Waals surface area contributed by atoms with Gasteiger partial charge in [-0.15, -0.1) is 0 Å². The van der Waals surface area contributed by atoms with Crippen LogP contribution >= 0.6 is 7.26 Å². The van der Waals surface area contributed by atoms with Crippen molar-refractivity contribution in [3.05, 3.63) is 90.5 Å². The Kier molecular flexibility index (Phi) is 5.48. The van der Waals surface area contributed by atoms with E-state index >= 15 is 0 Å². The summed E-state index contributed by atoms with van der Waals surface area (Å²) in [5.74, 6) is 0. The van der Waals surface area contributed by atoms with Gasteiger partial charge in [-0.1, -0.05) is 0 Å². The van der Waals surface area contributed by atoms with Gasteiger partial charge in [0.2, 0.25) is 0 Å². The van der Waals surface area contributed by atoms with Gasteiger partial charge in [-0.25, -0.2) is 0 Å². The maximum atomic E-state index is 2.42. The summed E-state index contributed by atoms with van der Waals surface area (Å²) in [4.78, 5) is 0. The molecule has 0 aliphatic rings. The number of unbranched alkanes of at least 4 members (excludes halogenated alkanes) is 1. The monoisotopic (exact) mass is 334 g/mol. The molecule has 0 heterocycles. The van der Waals surface area contributed by atoms with Crippen molar-refractivity contribution in [1.29, 1.82) is 0 Å². The van der Waals surface area contributed by atoms with E-state index in [0.717, 1.165) is 0 Å². The third-order valence-corrected chi connectivity index (χ3v) is 9.99. The summed E-state index contributed by atoms with van der Waals surface area (Å²) in [5.41, 5.74) is 1.35. The van der Waals surface area contributed by atoms with Gasteiger partial charge in [-0.3, -0.25) is 0 Å². The zero-order valence-corrected chi connectivity index (χ0v) is 15.7. The van der Waals surface area contributed by atoms with Gasteiger partial charge in [0, 0.05) is 0 Å². The van der Waals surface area contributed by atoms with Crippen molar-refractivity contribution in [1.82, 2.24) is 0 Å². The Morgan fingerprint density at radius 2 is 1.21 bits per heavy atom. The first-order chi connectivity index (χ1) is 11.8. The normalized spacial score (nSPS) is 12.1. The first-order valence-corrected chi connectivity index (χ1v) is 11.2. The van der Waals surface area contributed by atoms with Crippen LogP contribution in [0.15, 0.2) is 84.9 Å². The molecule has 3 aromatic rings. The fourth-order valence-electron chi connectivity index (χ4n) is 3.73. The Morgan fingerprint density at radius 3 is 1.71 bits per heavy atom. The van der Waals surface area contributed by atoms with Crippen LogP contribution in [-0.4, -0.2) is 6.16 Å². The summed E-state index contributed by atoms with van der Waals surface area (Å²) in [6, 6.07) is 31.6. The Hall–Kier alpha value is -1.91. The molecule has 0 aliphatic carbocycles. The maximum absolute atomic E-state index is 2.42. The molecule has 0 saturated heterocycles. The first-order valence-electron chi connectivity index (χ1n) is 8.95. The molecule has 0 aliphatic heterocycles. The van der Waals surface area contributed by atoms with E-state index in [0.29, 0.717) is 0 Å². The van der Waals surface area contributed by atoms with E-state index in [2.05, 4.69) is 98.8 Å². The zero-order chi connectivity index (χ0) is 16.8. The van der Waals surface area contributed by atoms with Gasteiger partial charge in [0.05, 0.1) is 0 Å². The summed E-state index contributed by atoms with van der Waals surface area (Å²) in [5, 5.41) is 4.58. The molecule has 0 fully saturated rings. The summed E-state index contributed by atoms with van der Waals surface area (Å²) in [6.07, 6.45) is 3.77. The molecule has 0 aromatic heterocycles. The molecule has 124 valence electrons. The second-order valence-electron chi connectivity index (χ2n) is 6.61. The number of benzene rings is 3. The van der Waals surface area contributed by atoms with E-state index < -0.39 is 7.26 Å². The predicted octanol–water partition coefficient (Wildman–Crippen LogP) is 4.82. The first kappa shape index (κ1) is 16.9. The van der Waals surface area contributed by atoms with Gasteiger partial charge in [-0.2, -0.15) is 0 Å². The molecule has 0 amide bonds. The van der Waals surface area contributed by atoms with Crippen molar-refractivity contribution in [2.24, 2.45) is 0 Å². The second-order valence-corrected chi connectivity index (χ2v) is 10.7. The third kappa shape index (κ3) is 3.30. The number of rotatable bonds is 6. The van der Waals surface area contributed by atoms with Crippen LogP contribution in [0.2, 0.25) is 0 Å². The molecule has 1 heteroatoms. The topological polar surface area (TPSA) is 0 Å². The Morgan fingerprint density at radius 1 is 0.667 bits per heavy atom. The molecule has 3 rings (SSSR count). The van der Waals surface area contributed by atoms with Gasteiger partial charge >= 0.3 is 147 Å². The van der Waals surface area contributed by atoms with Gasteiger partial charge in [0.1, 0.15) is 0 Å². The third-order valence-electron chi connectivity index (χ3n) is 4.95. The zero-order valence-electron chi connectivity index (χ0n) is 14.7. The van der Waals surface area contributed by atoms with Crippen LogP contribution in [0.1, 0.15) is 25.3 Å². The fraction of sp³-hybridized carbons (Fsp3) is 0.217. The Bertz CT molecular complexity index is 723. The summed E-state index contributed by atoms with van der Waals surface area (Å²) in [6.45, 7) is 4.50. The number of hydrogen-bond acceptors (Lipinski definition) is 0. The van der Waals surface area contributed by atoms with Gasteiger partial charge in [0.25, 0.3) is 0 Å². The number of aryl methyl sites for hydroxylation is 1. The van der Waals surface area contributed by atoms with Gasteiger partial charge in [0.15, 0.2) is 0 Å². The fourth-order valence-corrected chi connectivity index (χ4v) is 8.86. The molecule has 0 radical (unpaired) electrons. The van der Waals surface area contributed by atoms with Crippen LogP contribution in [0, 0.1) is 6.92 Å². The average Bonchev–Trinajstić information content (AvgIpc) is 2.64. The van der Waals surface area contributed by atoms with Crippen molar-refractivity contribution < 1.29 is 0 Å². The van der Waals surface area contributed by atoms with Crippen LogP contribution < -0.4 is 15.9 Å². The Labute approximate surface area is 146 Å². The van der Waals surface area contributed by atoms with Crippen molar-refractivity contribution >= 4 is 23.2 Å². The van der Waals surface area contributed by atoms with Crippen LogP contribution in [0.4, 0.5) is 0 Å². The van der Waals surface area contributed by atoms with E-state index in [1.807, 2.05) is 0 Å². The van der Waals surface area contributed by atoms with Crippen LogP contribution in [0.3, 0.4) is 0 Å². The molecule has 0 atom stereocenters. The van der Waals surface area contributed by atoms with Crippen LogP contribution in [0.25, 0.3) is 0 Å². The standard InChI is InChI=1S/C23H27P/c1-3-4-18-24(21-13-7-5-8-14-21,22-15-9-6-10-16-22)23-17-11-12-20(2)19-23/h5-17,19,24H,3-4,18H2,1-2H3. The molecule has 0 nitrogen and oxygen atoms in total. The van der Waals surface area contributed by atoms with E-state index in [4.69, 9.17) is 0 Å². The molecule has 0 unspecified atom stereocenters. The van der Waals surface area contributed by atoms with E-state index in [1.54, 1.807) is 0 Å². The molecule has 3 aromatic carbocycles. The molecule has 0 bridgehead atoms.